The highest BCUT2D eigenvalue weighted by atomic mass is 32.1. The highest BCUT2D eigenvalue weighted by molar-refractivity contribution is 7.15. The van der Waals surface area contributed by atoms with Crippen molar-refractivity contribution in [3.63, 3.8) is 0 Å². The second kappa shape index (κ2) is 6.24. The Labute approximate surface area is 131 Å². The average molecular weight is 303 g/mol. The lowest BCUT2D eigenvalue weighted by Crippen LogP contribution is -2.23. The predicted octanol–water partition coefficient (Wildman–Crippen LogP) is 4.31. The Morgan fingerprint density at radius 1 is 1.29 bits per heavy atom. The van der Waals surface area contributed by atoms with Crippen LogP contribution in [0.15, 0.2) is 18.3 Å². The van der Waals surface area contributed by atoms with Crippen LogP contribution in [0.2, 0.25) is 0 Å². The van der Waals surface area contributed by atoms with Crippen molar-refractivity contribution in [1.82, 2.24) is 15.3 Å². The van der Waals surface area contributed by atoms with E-state index < -0.39 is 0 Å². The monoisotopic (exact) mass is 303 g/mol. The van der Waals surface area contributed by atoms with Gasteiger partial charge in [-0.2, -0.15) is 0 Å². The third-order valence-corrected chi connectivity index (χ3v) is 4.29. The van der Waals surface area contributed by atoms with Crippen LogP contribution in [-0.4, -0.2) is 16.0 Å². The van der Waals surface area contributed by atoms with Crippen molar-refractivity contribution in [3.05, 3.63) is 34.5 Å². The Hall–Kier alpha value is -1.26. The van der Waals surface area contributed by atoms with Gasteiger partial charge < -0.3 is 5.32 Å². The fourth-order valence-electron chi connectivity index (χ4n) is 2.12. The van der Waals surface area contributed by atoms with Crippen molar-refractivity contribution in [2.75, 3.05) is 0 Å². The number of pyridine rings is 1. The van der Waals surface area contributed by atoms with Crippen LogP contribution in [0.3, 0.4) is 0 Å². The normalized spacial score (nSPS) is 12.1. The number of hydrogen-bond donors (Lipinski definition) is 1. The van der Waals surface area contributed by atoms with Gasteiger partial charge in [-0.05, 0) is 24.6 Å². The topological polar surface area (TPSA) is 37.8 Å². The lowest BCUT2D eigenvalue weighted by Gasteiger charge is -2.18. The van der Waals surface area contributed by atoms with Gasteiger partial charge in [0.2, 0.25) is 0 Å². The summed E-state index contributed by atoms with van der Waals surface area (Å²) in [5, 5.41) is 4.52. The molecule has 2 heterocycles. The smallest absolute Gasteiger partial charge is 0.142 e. The highest BCUT2D eigenvalue weighted by Gasteiger charge is 2.24. The van der Waals surface area contributed by atoms with Gasteiger partial charge in [-0.25, -0.2) is 4.98 Å². The molecule has 2 aromatic rings. The van der Waals surface area contributed by atoms with E-state index >= 15 is 0 Å². The molecule has 0 aliphatic heterocycles. The molecule has 0 aliphatic rings. The average Bonchev–Trinajstić information content (AvgIpc) is 2.80. The molecule has 0 atom stereocenters. The Morgan fingerprint density at radius 2 is 2.00 bits per heavy atom. The first-order valence-corrected chi connectivity index (χ1v) is 8.25. The summed E-state index contributed by atoms with van der Waals surface area (Å²) in [4.78, 5) is 10.7. The van der Waals surface area contributed by atoms with E-state index in [4.69, 9.17) is 4.98 Å². The molecule has 0 fully saturated rings. The summed E-state index contributed by atoms with van der Waals surface area (Å²) in [6.45, 7) is 13.9. The minimum absolute atomic E-state index is 0.0482. The Bertz CT molecular complexity index is 609. The zero-order valence-corrected chi connectivity index (χ0v) is 14.6. The number of rotatable bonds is 4. The van der Waals surface area contributed by atoms with Crippen LogP contribution in [0.4, 0.5) is 0 Å². The second-order valence-electron chi connectivity index (χ2n) is 6.79. The lowest BCUT2D eigenvalue weighted by molar-refractivity contribution is 0.546. The van der Waals surface area contributed by atoms with Crippen molar-refractivity contribution in [2.24, 2.45) is 0 Å². The number of aromatic nitrogens is 2. The van der Waals surface area contributed by atoms with Crippen molar-refractivity contribution in [1.29, 1.82) is 0 Å². The van der Waals surface area contributed by atoms with Crippen LogP contribution >= 0.6 is 11.3 Å². The minimum Gasteiger partial charge on any atom is -0.310 e. The molecular weight excluding hydrogens is 278 g/mol. The van der Waals surface area contributed by atoms with Crippen LogP contribution in [0.1, 0.15) is 50.8 Å². The molecule has 0 bridgehead atoms. The standard InChI is InChI=1S/C17H25N3S/c1-11(2)19-10-14-15(17(4,5)6)20-16(21-14)13-9-12(3)7-8-18-13/h7-9,11,19H,10H2,1-6H3. The third kappa shape index (κ3) is 4.11. The van der Waals surface area contributed by atoms with Gasteiger partial charge in [-0.1, -0.05) is 34.6 Å². The predicted molar refractivity (Wildman–Crippen MR) is 90.8 cm³/mol. The maximum absolute atomic E-state index is 4.89. The minimum atomic E-state index is 0.0482. The van der Waals surface area contributed by atoms with Crippen LogP contribution in [0, 0.1) is 6.92 Å². The summed E-state index contributed by atoms with van der Waals surface area (Å²) in [6.07, 6.45) is 1.86. The van der Waals surface area contributed by atoms with Gasteiger partial charge >= 0.3 is 0 Å². The molecular formula is C17H25N3S. The summed E-state index contributed by atoms with van der Waals surface area (Å²) in [7, 11) is 0. The van der Waals surface area contributed by atoms with Gasteiger partial charge in [-0.15, -0.1) is 11.3 Å². The second-order valence-corrected chi connectivity index (χ2v) is 7.88. The number of hydrogen-bond acceptors (Lipinski definition) is 4. The molecule has 0 unspecified atom stereocenters. The van der Waals surface area contributed by atoms with E-state index in [1.165, 1.54) is 16.1 Å². The quantitative estimate of drug-likeness (QED) is 0.914. The van der Waals surface area contributed by atoms with Gasteiger partial charge in [-0.3, -0.25) is 4.98 Å². The zero-order valence-electron chi connectivity index (χ0n) is 13.8. The molecule has 0 amide bonds. The molecule has 3 nitrogen and oxygen atoms in total. The molecule has 1 N–H and O–H groups in total. The first kappa shape index (κ1) is 16.1. The van der Waals surface area contributed by atoms with E-state index in [0.717, 1.165) is 17.2 Å². The van der Waals surface area contributed by atoms with Crippen molar-refractivity contribution < 1.29 is 0 Å². The van der Waals surface area contributed by atoms with Gasteiger partial charge in [0.25, 0.3) is 0 Å². The maximum atomic E-state index is 4.89. The summed E-state index contributed by atoms with van der Waals surface area (Å²) in [5.41, 5.74) is 3.42. The Kier molecular flexibility index (Phi) is 4.79. The molecule has 0 saturated heterocycles. The van der Waals surface area contributed by atoms with Crippen LogP contribution in [-0.2, 0) is 12.0 Å². The van der Waals surface area contributed by atoms with Gasteiger partial charge in [0, 0.05) is 29.1 Å². The largest absolute Gasteiger partial charge is 0.310 e. The third-order valence-electron chi connectivity index (χ3n) is 3.21. The zero-order chi connectivity index (χ0) is 15.6. The molecule has 2 aromatic heterocycles. The molecule has 0 radical (unpaired) electrons. The van der Waals surface area contributed by atoms with Crippen LogP contribution < -0.4 is 5.32 Å². The summed E-state index contributed by atoms with van der Waals surface area (Å²) < 4.78 is 0. The number of nitrogens with zero attached hydrogens (tertiary/aromatic N) is 2. The van der Waals surface area contributed by atoms with Crippen LogP contribution in [0.5, 0.6) is 0 Å². The summed E-state index contributed by atoms with van der Waals surface area (Å²) >= 11 is 1.75. The number of nitrogens with one attached hydrogen (secondary N) is 1. The molecule has 21 heavy (non-hydrogen) atoms. The van der Waals surface area contributed by atoms with E-state index in [2.05, 4.69) is 57.9 Å². The van der Waals surface area contributed by atoms with Gasteiger partial charge in [0.05, 0.1) is 11.4 Å². The van der Waals surface area contributed by atoms with Crippen molar-refractivity contribution >= 4 is 11.3 Å². The van der Waals surface area contributed by atoms with Gasteiger partial charge in [0.1, 0.15) is 5.01 Å². The Balaban J connectivity index is 2.40. The molecule has 4 heteroatoms. The molecule has 0 spiro atoms. The fraction of sp³-hybridized carbons (Fsp3) is 0.529. The highest BCUT2D eigenvalue weighted by Crippen LogP contribution is 2.34. The SMILES string of the molecule is Cc1ccnc(-c2nc(C(C)(C)C)c(CNC(C)C)s2)c1. The Morgan fingerprint density at radius 3 is 2.57 bits per heavy atom. The fourth-order valence-corrected chi connectivity index (χ4v) is 3.31. The van der Waals surface area contributed by atoms with E-state index in [1.807, 2.05) is 12.3 Å². The van der Waals surface area contributed by atoms with Crippen molar-refractivity contribution in [2.45, 2.75) is 59.5 Å². The number of thiazole rings is 1. The van der Waals surface area contributed by atoms with Crippen molar-refractivity contribution in [3.8, 4) is 10.7 Å². The van der Waals surface area contributed by atoms with E-state index in [1.54, 1.807) is 11.3 Å². The molecule has 0 aliphatic carbocycles. The maximum Gasteiger partial charge on any atom is 0.142 e. The van der Waals surface area contributed by atoms with E-state index in [0.29, 0.717) is 6.04 Å². The molecule has 114 valence electrons. The van der Waals surface area contributed by atoms with Gasteiger partial charge in [0.15, 0.2) is 0 Å². The molecule has 0 aromatic carbocycles. The van der Waals surface area contributed by atoms with E-state index in [-0.39, 0.29) is 5.41 Å². The lowest BCUT2D eigenvalue weighted by atomic mass is 9.91. The number of aryl methyl sites for hydroxylation is 1. The molecule has 2 rings (SSSR count). The summed E-state index contributed by atoms with van der Waals surface area (Å²) in [5.74, 6) is 0. The first-order chi connectivity index (χ1) is 9.77. The summed E-state index contributed by atoms with van der Waals surface area (Å²) in [6, 6.07) is 4.59. The van der Waals surface area contributed by atoms with Crippen LogP contribution in [0.25, 0.3) is 10.7 Å². The first-order valence-electron chi connectivity index (χ1n) is 7.44. The van der Waals surface area contributed by atoms with E-state index in [9.17, 15) is 0 Å². The molecule has 0 saturated carbocycles.